The van der Waals surface area contributed by atoms with E-state index in [0.29, 0.717) is 36.7 Å². The summed E-state index contributed by atoms with van der Waals surface area (Å²) in [5.41, 5.74) is 2.23. The summed E-state index contributed by atoms with van der Waals surface area (Å²) in [6.45, 7) is 3.97. The van der Waals surface area contributed by atoms with E-state index in [4.69, 9.17) is 9.84 Å². The Morgan fingerprint density at radius 1 is 1.05 bits per heavy atom. The van der Waals surface area contributed by atoms with Crippen LogP contribution in [-0.2, 0) is 22.6 Å². The van der Waals surface area contributed by atoms with E-state index in [-0.39, 0.29) is 23.9 Å². The third-order valence-corrected chi connectivity index (χ3v) is 8.79. The molecule has 6 rings (SSSR count). The van der Waals surface area contributed by atoms with Crippen molar-refractivity contribution < 1.29 is 23.8 Å². The molecule has 0 spiro atoms. The SMILES string of the molecule is O=C(Cc1ccc(Oc2ccnc3cc(-c4cn(CCN5CCN(C(=O)CO)CC5)cn4)sc23)c(F)c1)CC1CC1. The van der Waals surface area contributed by atoms with Gasteiger partial charge in [0.25, 0.3) is 0 Å². The summed E-state index contributed by atoms with van der Waals surface area (Å²) in [6.07, 6.45) is 8.52. The summed E-state index contributed by atoms with van der Waals surface area (Å²) in [4.78, 5) is 37.8. The number of aliphatic hydroxyl groups excluding tert-OH is 1. The Morgan fingerprint density at radius 3 is 2.63 bits per heavy atom. The van der Waals surface area contributed by atoms with E-state index >= 15 is 0 Å². The molecular formula is C30H32FN5O4S. The minimum Gasteiger partial charge on any atom is -0.453 e. The van der Waals surface area contributed by atoms with Crippen molar-refractivity contribution in [1.29, 1.82) is 0 Å². The predicted molar refractivity (Wildman–Crippen MR) is 153 cm³/mol. The van der Waals surface area contributed by atoms with Crippen molar-refractivity contribution in [2.24, 2.45) is 5.92 Å². The van der Waals surface area contributed by atoms with Crippen molar-refractivity contribution in [1.82, 2.24) is 24.3 Å². The number of amides is 1. The van der Waals surface area contributed by atoms with Crippen LogP contribution < -0.4 is 4.74 Å². The van der Waals surface area contributed by atoms with Gasteiger partial charge in [-0.2, -0.15) is 0 Å². The van der Waals surface area contributed by atoms with Crippen LogP contribution in [0.1, 0.15) is 24.8 Å². The molecule has 3 aromatic heterocycles. The molecule has 0 radical (unpaired) electrons. The Morgan fingerprint density at radius 2 is 1.88 bits per heavy atom. The molecule has 1 aromatic carbocycles. The number of piperazine rings is 1. The van der Waals surface area contributed by atoms with E-state index in [1.54, 1.807) is 29.3 Å². The first-order valence-electron chi connectivity index (χ1n) is 13.9. The summed E-state index contributed by atoms with van der Waals surface area (Å²) in [5.74, 6) is 0.582. The summed E-state index contributed by atoms with van der Waals surface area (Å²) >= 11 is 1.49. The first-order valence-corrected chi connectivity index (χ1v) is 14.8. The molecule has 1 aliphatic carbocycles. The van der Waals surface area contributed by atoms with Gasteiger partial charge in [0.1, 0.15) is 18.1 Å². The highest BCUT2D eigenvalue weighted by Gasteiger charge is 2.24. The minimum atomic E-state index is -0.497. The largest absolute Gasteiger partial charge is 0.453 e. The van der Waals surface area contributed by atoms with Gasteiger partial charge < -0.3 is 19.3 Å². The Bertz CT molecular complexity index is 1560. The molecule has 1 amide bonds. The van der Waals surface area contributed by atoms with E-state index in [9.17, 15) is 14.0 Å². The summed E-state index contributed by atoms with van der Waals surface area (Å²) < 4.78 is 23.8. The molecule has 0 atom stereocenters. The number of aromatic nitrogens is 3. The second-order valence-electron chi connectivity index (χ2n) is 10.7. The Labute approximate surface area is 241 Å². The molecule has 214 valence electrons. The average Bonchev–Trinajstić information content (AvgIpc) is 3.47. The van der Waals surface area contributed by atoms with Gasteiger partial charge >= 0.3 is 0 Å². The Balaban J connectivity index is 1.09. The maximum Gasteiger partial charge on any atom is 0.248 e. The third kappa shape index (κ3) is 6.64. The molecule has 2 fully saturated rings. The van der Waals surface area contributed by atoms with Gasteiger partial charge in [-0.05, 0) is 42.5 Å². The summed E-state index contributed by atoms with van der Waals surface area (Å²) in [7, 11) is 0. The van der Waals surface area contributed by atoms with Gasteiger partial charge in [-0.25, -0.2) is 9.37 Å². The van der Waals surface area contributed by atoms with Crippen LogP contribution in [-0.4, -0.2) is 80.5 Å². The van der Waals surface area contributed by atoms with Crippen LogP contribution in [0.3, 0.4) is 0 Å². The lowest BCUT2D eigenvalue weighted by Crippen LogP contribution is -2.50. The number of halogens is 1. The number of imidazole rings is 1. The second-order valence-corrected chi connectivity index (χ2v) is 11.8. The van der Waals surface area contributed by atoms with E-state index < -0.39 is 12.4 Å². The number of aliphatic hydroxyl groups is 1. The molecule has 0 bridgehead atoms. The topological polar surface area (TPSA) is 101 Å². The van der Waals surface area contributed by atoms with Crippen LogP contribution in [0.25, 0.3) is 20.8 Å². The molecule has 41 heavy (non-hydrogen) atoms. The highest BCUT2D eigenvalue weighted by Crippen LogP contribution is 2.39. The highest BCUT2D eigenvalue weighted by molar-refractivity contribution is 7.22. The zero-order valence-electron chi connectivity index (χ0n) is 22.7. The molecule has 1 saturated heterocycles. The summed E-state index contributed by atoms with van der Waals surface area (Å²) in [5, 5.41) is 9.04. The Kier molecular flexibility index (Phi) is 8.09. The average molecular weight is 578 g/mol. The van der Waals surface area contributed by atoms with Crippen molar-refractivity contribution in [3.05, 3.63) is 60.4 Å². The first kappa shape index (κ1) is 27.5. The molecule has 11 heteroatoms. The molecule has 9 nitrogen and oxygen atoms in total. The number of carbonyl (C=O) groups is 2. The smallest absolute Gasteiger partial charge is 0.248 e. The summed E-state index contributed by atoms with van der Waals surface area (Å²) in [6, 6.07) is 8.41. The zero-order valence-corrected chi connectivity index (χ0v) is 23.5. The number of Topliss-reactive ketones (excluding diaryl/α,β-unsaturated/α-hetero) is 1. The standard InChI is InChI=1S/C30H32FN5O4S/c31-23-15-21(14-22(38)13-20-1-2-20)3-4-26(23)40-27-5-6-32-24-16-28(41-30(24)27)25-17-35(19-33-25)8-7-34-9-11-36(12-10-34)29(39)18-37/h3-6,15-17,19-20,37H,1-2,7-14,18H2. The predicted octanol–water partition coefficient (Wildman–Crippen LogP) is 4.14. The van der Waals surface area contributed by atoms with Crippen molar-refractivity contribution >= 4 is 33.2 Å². The van der Waals surface area contributed by atoms with Gasteiger partial charge in [0.2, 0.25) is 5.91 Å². The van der Waals surface area contributed by atoms with Crippen LogP contribution in [0.4, 0.5) is 4.39 Å². The normalized spacial score (nSPS) is 15.9. The fraction of sp³-hybridized carbons (Fsp3) is 0.400. The molecule has 4 aromatic rings. The number of ketones is 1. The van der Waals surface area contributed by atoms with Crippen molar-refractivity contribution in [2.75, 3.05) is 39.3 Å². The number of carbonyl (C=O) groups excluding carboxylic acids is 2. The fourth-order valence-corrected chi connectivity index (χ4v) is 6.14. The van der Waals surface area contributed by atoms with E-state index in [1.165, 1.54) is 17.4 Å². The number of ether oxygens (including phenoxy) is 1. The number of fused-ring (bicyclic) bond motifs is 1. The van der Waals surface area contributed by atoms with Gasteiger partial charge in [0.05, 0.1) is 27.1 Å². The Hall–Kier alpha value is -3.67. The van der Waals surface area contributed by atoms with Gasteiger partial charge in [0, 0.05) is 70.6 Å². The van der Waals surface area contributed by atoms with Gasteiger partial charge in [-0.1, -0.05) is 6.07 Å². The molecule has 4 heterocycles. The van der Waals surface area contributed by atoms with Crippen molar-refractivity contribution in [3.8, 4) is 22.1 Å². The van der Waals surface area contributed by atoms with Crippen molar-refractivity contribution in [2.45, 2.75) is 32.2 Å². The van der Waals surface area contributed by atoms with E-state index in [0.717, 1.165) is 59.8 Å². The van der Waals surface area contributed by atoms with Crippen LogP contribution >= 0.6 is 11.3 Å². The maximum absolute atomic E-state index is 14.9. The number of thiophene rings is 1. The maximum atomic E-state index is 14.9. The van der Waals surface area contributed by atoms with Gasteiger partial charge in [-0.3, -0.25) is 19.5 Å². The number of hydrogen-bond acceptors (Lipinski definition) is 8. The minimum absolute atomic E-state index is 0.108. The van der Waals surface area contributed by atoms with Gasteiger partial charge in [0.15, 0.2) is 11.6 Å². The second kappa shape index (κ2) is 12.1. The molecule has 1 aliphatic heterocycles. The zero-order chi connectivity index (χ0) is 28.3. The quantitative estimate of drug-likeness (QED) is 0.286. The first-order chi connectivity index (χ1) is 19.9. The molecular weight excluding hydrogens is 545 g/mol. The number of rotatable bonds is 11. The van der Waals surface area contributed by atoms with Crippen LogP contribution in [0, 0.1) is 11.7 Å². The van der Waals surface area contributed by atoms with Crippen LogP contribution in [0.5, 0.6) is 11.5 Å². The molecule has 1 saturated carbocycles. The number of hydrogen-bond donors (Lipinski definition) is 1. The molecule has 1 N–H and O–H groups in total. The van der Waals surface area contributed by atoms with Crippen LogP contribution in [0.15, 0.2) is 49.1 Å². The number of nitrogens with zero attached hydrogens (tertiary/aromatic N) is 5. The fourth-order valence-electron chi connectivity index (χ4n) is 5.11. The molecule has 0 unspecified atom stereocenters. The number of benzene rings is 1. The van der Waals surface area contributed by atoms with E-state index in [2.05, 4.69) is 14.9 Å². The van der Waals surface area contributed by atoms with Crippen LogP contribution in [0.2, 0.25) is 0 Å². The lowest BCUT2D eigenvalue weighted by molar-refractivity contribution is -0.135. The lowest BCUT2D eigenvalue weighted by Gasteiger charge is -2.34. The lowest BCUT2D eigenvalue weighted by atomic mass is 10.0. The van der Waals surface area contributed by atoms with Gasteiger partial charge in [-0.15, -0.1) is 11.3 Å². The highest BCUT2D eigenvalue weighted by atomic mass is 32.1. The monoisotopic (exact) mass is 577 g/mol. The van der Waals surface area contributed by atoms with E-state index in [1.807, 2.05) is 23.2 Å². The van der Waals surface area contributed by atoms with Crippen molar-refractivity contribution in [3.63, 3.8) is 0 Å². The third-order valence-electron chi connectivity index (χ3n) is 7.63. The number of pyridine rings is 1. The molecule has 2 aliphatic rings.